The zero-order chi connectivity index (χ0) is 15.5. The van der Waals surface area contributed by atoms with Gasteiger partial charge in [0.15, 0.2) is 0 Å². The summed E-state index contributed by atoms with van der Waals surface area (Å²) < 4.78 is 10.7. The van der Waals surface area contributed by atoms with E-state index in [1.165, 1.54) is 0 Å². The minimum atomic E-state index is -0.857. The summed E-state index contributed by atoms with van der Waals surface area (Å²) in [6, 6.07) is 0. The van der Waals surface area contributed by atoms with Crippen LogP contribution < -0.4 is 0 Å². The van der Waals surface area contributed by atoms with Crippen molar-refractivity contribution in [1.82, 2.24) is 0 Å². The molecule has 6 heteroatoms. The Kier molecular flexibility index (Phi) is 10.0. The summed E-state index contributed by atoms with van der Waals surface area (Å²) >= 11 is 0. The second-order valence-corrected chi connectivity index (χ2v) is 4.92. The fraction of sp³-hybridized carbons (Fsp3) is 0.857. The van der Waals surface area contributed by atoms with Crippen LogP contribution >= 0.6 is 0 Å². The number of hydrogen-bond acceptors (Lipinski definition) is 5. The average Bonchev–Trinajstić information content (AvgIpc) is 2.37. The molecule has 0 aromatic heterocycles. The van der Waals surface area contributed by atoms with Gasteiger partial charge in [-0.25, -0.2) is 0 Å². The second kappa shape index (κ2) is 10.6. The van der Waals surface area contributed by atoms with E-state index in [1.54, 1.807) is 13.8 Å². The molecule has 0 aliphatic rings. The zero-order valence-electron chi connectivity index (χ0n) is 12.5. The van der Waals surface area contributed by atoms with Gasteiger partial charge in [0, 0.05) is 12.8 Å². The first-order chi connectivity index (χ1) is 9.36. The van der Waals surface area contributed by atoms with E-state index in [9.17, 15) is 9.59 Å². The summed E-state index contributed by atoms with van der Waals surface area (Å²) in [6.45, 7) is 5.52. The van der Waals surface area contributed by atoms with Gasteiger partial charge in [-0.3, -0.25) is 9.59 Å². The predicted molar refractivity (Wildman–Crippen MR) is 73.4 cm³/mol. The lowest BCUT2D eigenvalue weighted by atomic mass is 10.1. The fourth-order valence-corrected chi connectivity index (χ4v) is 1.68. The van der Waals surface area contributed by atoms with E-state index < -0.39 is 12.1 Å². The van der Waals surface area contributed by atoms with Crippen LogP contribution in [0.15, 0.2) is 0 Å². The monoisotopic (exact) mass is 290 g/mol. The number of aliphatic hydroxyl groups excluding tert-OH is 1. The number of ether oxygens (including phenoxy) is 2. The Labute approximate surface area is 120 Å². The molecule has 0 amide bonds. The Morgan fingerprint density at radius 3 is 2.25 bits per heavy atom. The molecule has 0 aromatic carbocycles. The van der Waals surface area contributed by atoms with E-state index in [-0.39, 0.29) is 37.6 Å². The number of carboxylic acids is 1. The van der Waals surface area contributed by atoms with Crippen molar-refractivity contribution in [3.63, 3.8) is 0 Å². The maximum Gasteiger partial charge on any atom is 0.306 e. The van der Waals surface area contributed by atoms with Gasteiger partial charge in [-0.1, -0.05) is 6.92 Å². The molecular formula is C14H26O6. The summed E-state index contributed by atoms with van der Waals surface area (Å²) in [5.74, 6) is -1.19. The van der Waals surface area contributed by atoms with E-state index in [0.717, 1.165) is 0 Å². The SMILES string of the molecule is CCC(OC(=O)CCCCC(=O)O)C(C)OCC(C)O. The van der Waals surface area contributed by atoms with Crippen molar-refractivity contribution in [2.24, 2.45) is 0 Å². The number of aliphatic hydroxyl groups is 1. The predicted octanol–water partition coefficient (Wildman–Crippen LogP) is 1.74. The molecule has 0 aliphatic heterocycles. The van der Waals surface area contributed by atoms with Crippen molar-refractivity contribution < 1.29 is 29.3 Å². The summed E-state index contributed by atoms with van der Waals surface area (Å²) in [4.78, 5) is 22.0. The first-order valence-corrected chi connectivity index (χ1v) is 7.07. The van der Waals surface area contributed by atoms with Crippen molar-refractivity contribution in [1.29, 1.82) is 0 Å². The molecule has 2 N–H and O–H groups in total. The third-order valence-corrected chi connectivity index (χ3v) is 2.83. The smallest absolute Gasteiger partial charge is 0.306 e. The molecule has 0 spiro atoms. The quantitative estimate of drug-likeness (QED) is 0.445. The summed E-state index contributed by atoms with van der Waals surface area (Å²) in [7, 11) is 0. The minimum Gasteiger partial charge on any atom is -0.481 e. The number of rotatable bonds is 11. The van der Waals surface area contributed by atoms with Gasteiger partial charge >= 0.3 is 11.9 Å². The van der Waals surface area contributed by atoms with Crippen molar-refractivity contribution >= 4 is 11.9 Å². The van der Waals surface area contributed by atoms with Gasteiger partial charge in [0.1, 0.15) is 6.10 Å². The molecule has 3 atom stereocenters. The maximum atomic E-state index is 11.6. The maximum absolute atomic E-state index is 11.6. The molecule has 0 aliphatic carbocycles. The highest BCUT2D eigenvalue weighted by Gasteiger charge is 2.20. The lowest BCUT2D eigenvalue weighted by molar-refractivity contribution is -0.158. The Morgan fingerprint density at radius 2 is 1.75 bits per heavy atom. The van der Waals surface area contributed by atoms with Crippen LogP contribution in [-0.4, -0.2) is 47.1 Å². The summed E-state index contributed by atoms with van der Waals surface area (Å²) in [6.07, 6.45) is 0.701. The van der Waals surface area contributed by atoms with Crippen molar-refractivity contribution in [2.75, 3.05) is 6.61 Å². The molecule has 0 bridgehead atoms. The summed E-state index contributed by atoms with van der Waals surface area (Å²) in [5.41, 5.74) is 0. The van der Waals surface area contributed by atoms with Crippen LogP contribution in [0.1, 0.15) is 52.9 Å². The van der Waals surface area contributed by atoms with Crippen LogP contribution in [0.5, 0.6) is 0 Å². The van der Waals surface area contributed by atoms with E-state index in [4.69, 9.17) is 19.7 Å². The molecule has 0 saturated heterocycles. The molecule has 6 nitrogen and oxygen atoms in total. The van der Waals surface area contributed by atoms with Gasteiger partial charge in [-0.2, -0.15) is 0 Å². The standard InChI is InChI=1S/C14H26O6/c1-4-12(11(3)19-9-10(2)15)20-14(18)8-6-5-7-13(16)17/h10-12,15H,4-9H2,1-3H3,(H,16,17). The molecule has 0 heterocycles. The Bertz CT molecular complexity index is 289. The van der Waals surface area contributed by atoms with E-state index in [1.807, 2.05) is 6.92 Å². The average molecular weight is 290 g/mol. The molecule has 0 rings (SSSR count). The van der Waals surface area contributed by atoms with Gasteiger partial charge < -0.3 is 19.7 Å². The molecule has 0 saturated carbocycles. The third-order valence-electron chi connectivity index (χ3n) is 2.83. The number of carbonyl (C=O) groups is 2. The molecule has 20 heavy (non-hydrogen) atoms. The van der Waals surface area contributed by atoms with E-state index in [2.05, 4.69) is 0 Å². The fourth-order valence-electron chi connectivity index (χ4n) is 1.68. The lowest BCUT2D eigenvalue weighted by Gasteiger charge is -2.24. The molecule has 118 valence electrons. The zero-order valence-corrected chi connectivity index (χ0v) is 12.5. The molecule has 0 radical (unpaired) electrons. The van der Waals surface area contributed by atoms with Gasteiger partial charge in [0.25, 0.3) is 0 Å². The minimum absolute atomic E-state index is 0.0678. The number of hydrogen-bond donors (Lipinski definition) is 2. The van der Waals surface area contributed by atoms with Crippen LogP contribution in [0.4, 0.5) is 0 Å². The number of esters is 1. The Balaban J connectivity index is 3.95. The number of carbonyl (C=O) groups excluding carboxylic acids is 1. The lowest BCUT2D eigenvalue weighted by Crippen LogP contribution is -2.32. The van der Waals surface area contributed by atoms with Crippen molar-refractivity contribution in [3.8, 4) is 0 Å². The molecule has 3 unspecified atom stereocenters. The first-order valence-electron chi connectivity index (χ1n) is 7.07. The second-order valence-electron chi connectivity index (χ2n) is 4.92. The molecule has 0 fully saturated rings. The van der Waals surface area contributed by atoms with E-state index in [0.29, 0.717) is 19.3 Å². The van der Waals surface area contributed by atoms with Crippen molar-refractivity contribution in [3.05, 3.63) is 0 Å². The molecular weight excluding hydrogens is 264 g/mol. The van der Waals surface area contributed by atoms with Crippen LogP contribution in [0, 0.1) is 0 Å². The van der Waals surface area contributed by atoms with Crippen LogP contribution in [-0.2, 0) is 19.1 Å². The normalized spacial score (nSPS) is 15.4. The number of unbranched alkanes of at least 4 members (excludes halogenated alkanes) is 1. The number of carboxylic acid groups (broad SMARTS) is 1. The van der Waals surface area contributed by atoms with Crippen LogP contribution in [0.25, 0.3) is 0 Å². The Hall–Kier alpha value is -1.14. The first kappa shape index (κ1) is 18.9. The highest BCUT2D eigenvalue weighted by molar-refractivity contribution is 5.70. The number of aliphatic carboxylic acids is 1. The van der Waals surface area contributed by atoms with Crippen molar-refractivity contribution in [2.45, 2.75) is 71.2 Å². The van der Waals surface area contributed by atoms with Gasteiger partial charge in [0.2, 0.25) is 0 Å². The third kappa shape index (κ3) is 9.75. The summed E-state index contributed by atoms with van der Waals surface area (Å²) in [5, 5.41) is 17.6. The highest BCUT2D eigenvalue weighted by atomic mass is 16.6. The molecule has 0 aromatic rings. The topological polar surface area (TPSA) is 93.1 Å². The van der Waals surface area contributed by atoms with Gasteiger partial charge in [-0.15, -0.1) is 0 Å². The van der Waals surface area contributed by atoms with Gasteiger partial charge in [-0.05, 0) is 33.1 Å². The van der Waals surface area contributed by atoms with Crippen LogP contribution in [0.2, 0.25) is 0 Å². The highest BCUT2D eigenvalue weighted by Crippen LogP contribution is 2.11. The largest absolute Gasteiger partial charge is 0.481 e. The van der Waals surface area contributed by atoms with Crippen LogP contribution in [0.3, 0.4) is 0 Å². The van der Waals surface area contributed by atoms with E-state index >= 15 is 0 Å². The van der Waals surface area contributed by atoms with Gasteiger partial charge in [0.05, 0.1) is 18.8 Å². The Morgan fingerprint density at radius 1 is 1.15 bits per heavy atom.